The molecule has 1 fully saturated rings. The first-order valence-corrected chi connectivity index (χ1v) is 9.50. The van der Waals surface area contributed by atoms with Crippen molar-refractivity contribution in [2.75, 3.05) is 13.2 Å². The van der Waals surface area contributed by atoms with Crippen molar-refractivity contribution in [2.24, 2.45) is 0 Å². The number of aliphatic hydroxyl groups excluding tert-OH is 1. The minimum absolute atomic E-state index is 0.114. The molecule has 1 saturated heterocycles. The van der Waals surface area contributed by atoms with E-state index in [0.29, 0.717) is 6.54 Å². The van der Waals surface area contributed by atoms with Crippen LogP contribution in [0.2, 0.25) is 0 Å². The van der Waals surface area contributed by atoms with Gasteiger partial charge in [-0.15, -0.1) is 0 Å². The third-order valence-electron chi connectivity index (χ3n) is 4.82. The summed E-state index contributed by atoms with van der Waals surface area (Å²) in [5, 5.41) is 9.43. The van der Waals surface area contributed by atoms with Crippen LogP contribution in [-0.4, -0.2) is 47.4 Å². The molecule has 0 spiro atoms. The van der Waals surface area contributed by atoms with Gasteiger partial charge in [0.2, 0.25) is 6.10 Å². The highest BCUT2D eigenvalue weighted by molar-refractivity contribution is 5.79. The van der Waals surface area contributed by atoms with Crippen LogP contribution >= 0.6 is 0 Å². The van der Waals surface area contributed by atoms with Crippen LogP contribution in [0.25, 0.3) is 0 Å². The number of aliphatic hydroxyl groups is 1. The molecule has 0 radical (unpaired) electrons. The third-order valence-corrected chi connectivity index (χ3v) is 4.82. The molecule has 6 heteroatoms. The van der Waals surface area contributed by atoms with Crippen LogP contribution in [0.1, 0.15) is 24.0 Å². The Morgan fingerprint density at radius 3 is 2.32 bits per heavy atom. The lowest BCUT2D eigenvalue weighted by atomic mass is 10.1. The Balaban J connectivity index is 1.67. The molecule has 2 aromatic carbocycles. The van der Waals surface area contributed by atoms with Gasteiger partial charge in [0.05, 0.1) is 12.6 Å². The Labute approximate surface area is 164 Å². The van der Waals surface area contributed by atoms with Gasteiger partial charge in [-0.25, -0.2) is 9.59 Å². The molecule has 0 bridgehead atoms. The van der Waals surface area contributed by atoms with Crippen LogP contribution in [0.4, 0.5) is 4.79 Å². The van der Waals surface area contributed by atoms with E-state index in [2.05, 4.69) is 0 Å². The van der Waals surface area contributed by atoms with E-state index in [-0.39, 0.29) is 25.7 Å². The van der Waals surface area contributed by atoms with Gasteiger partial charge in [0.25, 0.3) is 0 Å². The summed E-state index contributed by atoms with van der Waals surface area (Å²) in [6.07, 6.45) is 0.139. The lowest BCUT2D eigenvalue weighted by Crippen LogP contribution is -2.42. The Morgan fingerprint density at radius 2 is 1.68 bits per heavy atom. The summed E-state index contributed by atoms with van der Waals surface area (Å²) >= 11 is 0. The van der Waals surface area contributed by atoms with Gasteiger partial charge in [-0.1, -0.05) is 60.7 Å². The molecule has 2 atom stereocenters. The van der Waals surface area contributed by atoms with Crippen molar-refractivity contribution in [3.8, 4) is 0 Å². The molecule has 2 aromatic rings. The fourth-order valence-corrected chi connectivity index (χ4v) is 3.28. The van der Waals surface area contributed by atoms with Gasteiger partial charge in [0, 0.05) is 13.0 Å². The van der Waals surface area contributed by atoms with E-state index in [4.69, 9.17) is 9.47 Å². The van der Waals surface area contributed by atoms with Gasteiger partial charge >= 0.3 is 12.1 Å². The molecule has 1 N–H and O–H groups in total. The van der Waals surface area contributed by atoms with Crippen molar-refractivity contribution in [2.45, 2.75) is 38.0 Å². The summed E-state index contributed by atoms with van der Waals surface area (Å²) in [5.41, 5.74) is 1.73. The van der Waals surface area contributed by atoms with Crippen molar-refractivity contribution in [1.82, 2.24) is 4.90 Å². The standard InChI is InChI=1S/C22H25NO5/c24-15-19-12-7-13-23(19)22(26)28-20(14-17-8-3-1-4-9-17)21(25)27-16-18-10-5-2-6-11-18/h1-6,8-11,19-20,24H,7,12-16H2/t19-,20?/m0/s1. The summed E-state index contributed by atoms with van der Waals surface area (Å²) in [5.74, 6) is -0.583. The van der Waals surface area contributed by atoms with Gasteiger partial charge in [0.1, 0.15) is 6.61 Å². The molecule has 1 heterocycles. The normalized spacial score (nSPS) is 17.2. The molecule has 1 amide bonds. The van der Waals surface area contributed by atoms with E-state index in [1.165, 1.54) is 4.90 Å². The highest BCUT2D eigenvalue weighted by Crippen LogP contribution is 2.19. The fourth-order valence-electron chi connectivity index (χ4n) is 3.28. The summed E-state index contributed by atoms with van der Waals surface area (Å²) in [6.45, 7) is 0.517. The topological polar surface area (TPSA) is 76.1 Å². The number of hydrogen-bond donors (Lipinski definition) is 1. The maximum Gasteiger partial charge on any atom is 0.410 e. The second kappa shape index (κ2) is 9.90. The van der Waals surface area contributed by atoms with Crippen LogP contribution in [0.15, 0.2) is 60.7 Å². The van der Waals surface area contributed by atoms with Gasteiger partial charge in [0.15, 0.2) is 0 Å². The average Bonchev–Trinajstić information content (AvgIpc) is 3.22. The molecule has 148 valence electrons. The first-order valence-electron chi connectivity index (χ1n) is 9.50. The number of esters is 1. The fraction of sp³-hybridized carbons (Fsp3) is 0.364. The molecule has 1 aliphatic rings. The Hall–Kier alpha value is -2.86. The van der Waals surface area contributed by atoms with Crippen molar-refractivity contribution in [3.05, 3.63) is 71.8 Å². The molecule has 0 aliphatic carbocycles. The van der Waals surface area contributed by atoms with E-state index in [1.807, 2.05) is 60.7 Å². The van der Waals surface area contributed by atoms with Gasteiger partial charge in [-0.05, 0) is 24.0 Å². The van der Waals surface area contributed by atoms with Gasteiger partial charge in [-0.3, -0.25) is 0 Å². The summed E-state index contributed by atoms with van der Waals surface area (Å²) in [6, 6.07) is 18.5. The number of likely N-dealkylation sites (tertiary alicyclic amines) is 1. The minimum Gasteiger partial charge on any atom is -0.458 e. The molecule has 1 unspecified atom stereocenters. The quantitative estimate of drug-likeness (QED) is 0.744. The number of nitrogens with zero attached hydrogens (tertiary/aromatic N) is 1. The van der Waals surface area contributed by atoms with Crippen LogP contribution in [0, 0.1) is 0 Å². The summed E-state index contributed by atoms with van der Waals surface area (Å²) in [7, 11) is 0. The maximum atomic E-state index is 12.7. The van der Waals surface area contributed by atoms with Gasteiger partial charge < -0.3 is 19.5 Å². The maximum absolute atomic E-state index is 12.7. The second-order valence-corrected chi connectivity index (χ2v) is 6.83. The molecular formula is C22H25NO5. The number of amides is 1. The smallest absolute Gasteiger partial charge is 0.410 e. The predicted molar refractivity (Wildman–Crippen MR) is 103 cm³/mol. The molecule has 1 aliphatic heterocycles. The Bertz CT molecular complexity index is 765. The third kappa shape index (κ3) is 5.33. The lowest BCUT2D eigenvalue weighted by molar-refractivity contribution is -0.155. The van der Waals surface area contributed by atoms with E-state index in [1.54, 1.807) is 0 Å². The van der Waals surface area contributed by atoms with E-state index >= 15 is 0 Å². The largest absolute Gasteiger partial charge is 0.458 e. The zero-order valence-electron chi connectivity index (χ0n) is 15.7. The van der Waals surface area contributed by atoms with Crippen molar-refractivity contribution in [1.29, 1.82) is 0 Å². The zero-order chi connectivity index (χ0) is 19.8. The number of rotatable bonds is 7. The summed E-state index contributed by atoms with van der Waals surface area (Å²) < 4.78 is 10.9. The Kier molecular flexibility index (Phi) is 7.03. The number of ether oxygens (including phenoxy) is 2. The van der Waals surface area contributed by atoms with E-state index in [0.717, 1.165) is 24.0 Å². The summed E-state index contributed by atoms with van der Waals surface area (Å²) in [4.78, 5) is 26.7. The number of hydrogen-bond acceptors (Lipinski definition) is 5. The number of benzene rings is 2. The van der Waals surface area contributed by atoms with Crippen molar-refractivity contribution < 1.29 is 24.2 Å². The first kappa shape index (κ1) is 19.9. The monoisotopic (exact) mass is 383 g/mol. The van der Waals surface area contributed by atoms with Crippen LogP contribution in [0.3, 0.4) is 0 Å². The number of carbonyl (C=O) groups excluding carboxylic acids is 2. The van der Waals surface area contributed by atoms with Crippen LogP contribution in [-0.2, 0) is 27.3 Å². The first-order chi connectivity index (χ1) is 13.7. The van der Waals surface area contributed by atoms with E-state index in [9.17, 15) is 14.7 Å². The highest BCUT2D eigenvalue weighted by atomic mass is 16.6. The van der Waals surface area contributed by atoms with E-state index < -0.39 is 18.2 Å². The number of carbonyl (C=O) groups is 2. The lowest BCUT2D eigenvalue weighted by Gasteiger charge is -2.25. The molecule has 6 nitrogen and oxygen atoms in total. The molecule has 28 heavy (non-hydrogen) atoms. The SMILES string of the molecule is O=C(OCc1ccccc1)C(Cc1ccccc1)OC(=O)N1CCC[C@H]1CO. The van der Waals surface area contributed by atoms with Crippen molar-refractivity contribution in [3.63, 3.8) is 0 Å². The molecule has 0 aromatic heterocycles. The van der Waals surface area contributed by atoms with Crippen LogP contribution < -0.4 is 0 Å². The molecule has 3 rings (SSSR count). The second-order valence-electron chi connectivity index (χ2n) is 6.83. The highest BCUT2D eigenvalue weighted by Gasteiger charge is 2.33. The van der Waals surface area contributed by atoms with Crippen LogP contribution in [0.5, 0.6) is 0 Å². The predicted octanol–water partition coefficient (Wildman–Crippen LogP) is 2.93. The molecule has 0 saturated carbocycles. The van der Waals surface area contributed by atoms with Crippen molar-refractivity contribution >= 4 is 12.1 Å². The average molecular weight is 383 g/mol. The minimum atomic E-state index is -1.04. The van der Waals surface area contributed by atoms with Gasteiger partial charge in [-0.2, -0.15) is 0 Å². The molecular weight excluding hydrogens is 358 g/mol. The zero-order valence-corrected chi connectivity index (χ0v) is 15.7. The Morgan fingerprint density at radius 1 is 1.04 bits per heavy atom.